The van der Waals surface area contributed by atoms with Gasteiger partial charge in [0.15, 0.2) is 4.67 Å². The van der Waals surface area contributed by atoms with Gasteiger partial charge in [0.05, 0.1) is 11.8 Å². The minimum Gasteiger partial charge on any atom is -0.457 e. The zero-order valence-corrected chi connectivity index (χ0v) is 10.4. The normalized spacial score (nSPS) is 12.5. The van der Waals surface area contributed by atoms with Crippen molar-refractivity contribution in [3.8, 4) is 0 Å². The topological polar surface area (TPSA) is 54.3 Å². The molecule has 0 radical (unpaired) electrons. The lowest BCUT2D eigenvalue weighted by Crippen LogP contribution is -2.32. The molecule has 0 aliphatic rings. The van der Waals surface area contributed by atoms with Gasteiger partial charge in [-0.1, -0.05) is 6.92 Å². The van der Waals surface area contributed by atoms with Crippen molar-refractivity contribution < 1.29 is 9.21 Å². The smallest absolute Gasteiger partial charge is 0.255 e. The molecule has 0 bridgehead atoms. The summed E-state index contributed by atoms with van der Waals surface area (Å²) in [4.78, 5) is 11.6. The molecule has 15 heavy (non-hydrogen) atoms. The van der Waals surface area contributed by atoms with E-state index in [1.54, 1.807) is 6.07 Å². The van der Waals surface area contributed by atoms with Crippen molar-refractivity contribution in [3.63, 3.8) is 0 Å². The van der Waals surface area contributed by atoms with Gasteiger partial charge in [-0.25, -0.2) is 0 Å². The van der Waals surface area contributed by atoms with Crippen LogP contribution in [0.15, 0.2) is 21.4 Å². The Morgan fingerprint density at radius 3 is 2.87 bits per heavy atom. The lowest BCUT2D eigenvalue weighted by atomic mass is 10.2. The molecule has 0 spiro atoms. The Hall–Kier alpha value is -0.810. The fraction of sp³-hybridized carbons (Fsp3) is 0.500. The molecule has 1 rings (SSSR count). The second kappa shape index (κ2) is 5.92. The Bertz CT molecular complexity index is 325. The molecular formula is C10H15BrN2O2. The first-order chi connectivity index (χ1) is 7.15. The van der Waals surface area contributed by atoms with Crippen LogP contribution in [0.5, 0.6) is 0 Å². The number of rotatable bonds is 5. The van der Waals surface area contributed by atoms with E-state index in [1.165, 1.54) is 6.26 Å². The summed E-state index contributed by atoms with van der Waals surface area (Å²) in [7, 11) is 1.89. The lowest BCUT2D eigenvalue weighted by Gasteiger charge is -2.11. The van der Waals surface area contributed by atoms with Gasteiger partial charge in [0, 0.05) is 6.54 Å². The van der Waals surface area contributed by atoms with Gasteiger partial charge in [0.25, 0.3) is 5.91 Å². The van der Waals surface area contributed by atoms with Crippen LogP contribution < -0.4 is 10.6 Å². The highest BCUT2D eigenvalue weighted by atomic mass is 79.9. The van der Waals surface area contributed by atoms with E-state index in [2.05, 4.69) is 33.5 Å². The number of hydrogen-bond donors (Lipinski definition) is 2. The van der Waals surface area contributed by atoms with Gasteiger partial charge in [-0.3, -0.25) is 4.79 Å². The molecule has 4 nitrogen and oxygen atoms in total. The van der Waals surface area contributed by atoms with Crippen molar-refractivity contribution in [2.75, 3.05) is 20.1 Å². The van der Waals surface area contributed by atoms with Crippen LogP contribution in [0.4, 0.5) is 0 Å². The average molecular weight is 275 g/mol. The molecule has 0 saturated heterocycles. The third kappa shape index (κ3) is 3.68. The van der Waals surface area contributed by atoms with Crippen molar-refractivity contribution in [1.82, 2.24) is 10.6 Å². The fourth-order valence-corrected chi connectivity index (χ4v) is 1.66. The Kier molecular flexibility index (Phi) is 4.84. The molecule has 1 unspecified atom stereocenters. The number of hydrogen-bond acceptors (Lipinski definition) is 3. The molecule has 0 aliphatic carbocycles. The van der Waals surface area contributed by atoms with Crippen LogP contribution in [0.2, 0.25) is 0 Å². The molecule has 1 amide bonds. The van der Waals surface area contributed by atoms with Gasteiger partial charge in [0.2, 0.25) is 0 Å². The summed E-state index contributed by atoms with van der Waals surface area (Å²) in [5, 5.41) is 5.90. The Morgan fingerprint density at radius 2 is 2.33 bits per heavy atom. The molecular weight excluding hydrogens is 260 g/mol. The van der Waals surface area contributed by atoms with Gasteiger partial charge in [-0.15, -0.1) is 0 Å². The van der Waals surface area contributed by atoms with Crippen LogP contribution in [0.25, 0.3) is 0 Å². The van der Waals surface area contributed by atoms with Gasteiger partial charge < -0.3 is 15.1 Å². The van der Waals surface area contributed by atoms with E-state index in [0.717, 1.165) is 6.54 Å². The zero-order chi connectivity index (χ0) is 11.3. The van der Waals surface area contributed by atoms with E-state index in [-0.39, 0.29) is 5.91 Å². The highest BCUT2D eigenvalue weighted by Crippen LogP contribution is 2.16. The molecule has 0 saturated carbocycles. The van der Waals surface area contributed by atoms with Gasteiger partial charge in [-0.05, 0) is 41.5 Å². The van der Waals surface area contributed by atoms with E-state index in [4.69, 9.17) is 4.42 Å². The molecule has 1 atom stereocenters. The van der Waals surface area contributed by atoms with E-state index < -0.39 is 0 Å². The first kappa shape index (κ1) is 12.3. The lowest BCUT2D eigenvalue weighted by molar-refractivity contribution is 0.0946. The maximum Gasteiger partial charge on any atom is 0.255 e. The molecule has 1 aromatic heterocycles. The summed E-state index contributed by atoms with van der Waals surface area (Å²) >= 11 is 3.16. The third-order valence-corrected chi connectivity index (χ3v) is 2.64. The molecule has 1 heterocycles. The number of amides is 1. The van der Waals surface area contributed by atoms with Gasteiger partial charge in [0.1, 0.15) is 0 Å². The summed E-state index contributed by atoms with van der Waals surface area (Å²) in [5.41, 5.74) is 0.534. The number of nitrogens with one attached hydrogen (secondary N) is 2. The molecule has 84 valence electrons. The van der Waals surface area contributed by atoms with Gasteiger partial charge >= 0.3 is 0 Å². The van der Waals surface area contributed by atoms with Crippen molar-refractivity contribution in [2.24, 2.45) is 5.92 Å². The largest absolute Gasteiger partial charge is 0.457 e. The van der Waals surface area contributed by atoms with E-state index in [0.29, 0.717) is 22.7 Å². The SMILES string of the molecule is CNCC(C)CNC(=O)c1ccoc1Br. The molecule has 0 aliphatic heterocycles. The highest BCUT2D eigenvalue weighted by molar-refractivity contribution is 9.10. The van der Waals surface area contributed by atoms with Crippen LogP contribution in [0.1, 0.15) is 17.3 Å². The van der Waals surface area contributed by atoms with Crippen LogP contribution in [-0.2, 0) is 0 Å². The Morgan fingerprint density at radius 1 is 1.60 bits per heavy atom. The second-order valence-corrected chi connectivity index (χ2v) is 4.20. The van der Waals surface area contributed by atoms with E-state index >= 15 is 0 Å². The Labute approximate surface area is 97.5 Å². The first-order valence-corrected chi connectivity index (χ1v) is 5.60. The second-order valence-electron chi connectivity index (χ2n) is 3.48. The van der Waals surface area contributed by atoms with Crippen molar-refractivity contribution in [3.05, 3.63) is 22.6 Å². The summed E-state index contributed by atoms with van der Waals surface area (Å²) in [6.07, 6.45) is 1.48. The summed E-state index contributed by atoms with van der Waals surface area (Å²) < 4.78 is 5.46. The predicted octanol–water partition coefficient (Wildman–Crippen LogP) is 1.63. The highest BCUT2D eigenvalue weighted by Gasteiger charge is 2.12. The molecule has 0 fully saturated rings. The maximum atomic E-state index is 11.6. The first-order valence-electron chi connectivity index (χ1n) is 4.81. The zero-order valence-electron chi connectivity index (χ0n) is 8.84. The molecule has 1 aromatic rings. The van der Waals surface area contributed by atoms with Crippen LogP contribution in [0.3, 0.4) is 0 Å². The maximum absolute atomic E-state index is 11.6. The summed E-state index contributed by atoms with van der Waals surface area (Å²) in [5.74, 6) is 0.295. The summed E-state index contributed by atoms with van der Waals surface area (Å²) in [6, 6.07) is 1.64. The quantitative estimate of drug-likeness (QED) is 0.858. The minimum atomic E-state index is -0.112. The molecule has 5 heteroatoms. The van der Waals surface area contributed by atoms with E-state index in [1.807, 2.05) is 7.05 Å². The monoisotopic (exact) mass is 274 g/mol. The van der Waals surface area contributed by atoms with Gasteiger partial charge in [-0.2, -0.15) is 0 Å². The van der Waals surface area contributed by atoms with Crippen molar-refractivity contribution in [1.29, 1.82) is 0 Å². The minimum absolute atomic E-state index is 0.112. The van der Waals surface area contributed by atoms with Crippen LogP contribution in [0, 0.1) is 5.92 Å². The molecule has 2 N–H and O–H groups in total. The summed E-state index contributed by atoms with van der Waals surface area (Å²) in [6.45, 7) is 3.60. The number of carbonyl (C=O) groups is 1. The van der Waals surface area contributed by atoms with Crippen LogP contribution >= 0.6 is 15.9 Å². The number of carbonyl (C=O) groups excluding carboxylic acids is 1. The standard InChI is InChI=1S/C10H15BrN2O2/c1-7(5-12-2)6-13-10(14)8-3-4-15-9(8)11/h3-4,7,12H,5-6H2,1-2H3,(H,13,14). The fourth-order valence-electron chi connectivity index (χ4n) is 1.24. The predicted molar refractivity (Wildman–Crippen MR) is 61.8 cm³/mol. The van der Waals surface area contributed by atoms with E-state index in [9.17, 15) is 4.79 Å². The third-order valence-electron chi connectivity index (χ3n) is 2.03. The van der Waals surface area contributed by atoms with Crippen LogP contribution in [-0.4, -0.2) is 26.0 Å². The number of halogens is 1. The Balaban J connectivity index is 2.40. The van der Waals surface area contributed by atoms with Crippen molar-refractivity contribution in [2.45, 2.75) is 6.92 Å². The average Bonchev–Trinajstić information content (AvgIpc) is 2.61. The van der Waals surface area contributed by atoms with Crippen molar-refractivity contribution >= 4 is 21.8 Å². The number of furan rings is 1. The molecule has 0 aromatic carbocycles.